The van der Waals surface area contributed by atoms with Gasteiger partial charge >= 0.3 is 5.97 Å². The predicted octanol–water partition coefficient (Wildman–Crippen LogP) is 0.948. The molecule has 21 heavy (non-hydrogen) atoms. The molecule has 1 heterocycles. The quantitative estimate of drug-likeness (QED) is 0.728. The summed E-state index contributed by atoms with van der Waals surface area (Å²) in [5.41, 5.74) is 0. The Morgan fingerprint density at radius 2 is 2.10 bits per heavy atom. The number of nitrogens with zero attached hydrogens (tertiary/aromatic N) is 1. The highest BCUT2D eigenvalue weighted by Crippen LogP contribution is 2.26. The first-order valence-electron chi connectivity index (χ1n) is 6.89. The number of esters is 1. The fourth-order valence-corrected chi connectivity index (χ4v) is 2.19. The number of morpholine rings is 1. The third kappa shape index (κ3) is 4.61. The van der Waals surface area contributed by atoms with Crippen molar-refractivity contribution in [3.63, 3.8) is 0 Å². The average molecular weight is 295 g/mol. The molecule has 1 saturated heterocycles. The van der Waals surface area contributed by atoms with Crippen molar-refractivity contribution in [1.82, 2.24) is 4.90 Å². The van der Waals surface area contributed by atoms with Crippen molar-refractivity contribution in [2.75, 3.05) is 47.1 Å². The van der Waals surface area contributed by atoms with Crippen LogP contribution < -0.4 is 9.47 Å². The Hall–Kier alpha value is -1.79. The van der Waals surface area contributed by atoms with Crippen molar-refractivity contribution in [2.24, 2.45) is 0 Å². The van der Waals surface area contributed by atoms with Gasteiger partial charge in [-0.3, -0.25) is 9.69 Å². The van der Waals surface area contributed by atoms with E-state index in [0.29, 0.717) is 31.3 Å². The summed E-state index contributed by atoms with van der Waals surface area (Å²) >= 11 is 0. The van der Waals surface area contributed by atoms with E-state index in [1.807, 2.05) is 29.2 Å². The molecular formula is C15H21NO5. The topological polar surface area (TPSA) is 57.2 Å². The minimum atomic E-state index is -0.235. The van der Waals surface area contributed by atoms with Gasteiger partial charge in [0.05, 0.1) is 27.4 Å². The van der Waals surface area contributed by atoms with Gasteiger partial charge in [0.25, 0.3) is 0 Å². The van der Waals surface area contributed by atoms with Gasteiger partial charge in [-0.25, -0.2) is 0 Å². The number of hydrogen-bond donors (Lipinski definition) is 0. The second-order valence-electron chi connectivity index (χ2n) is 4.77. The summed E-state index contributed by atoms with van der Waals surface area (Å²) < 4.78 is 21.3. The lowest BCUT2D eigenvalue weighted by molar-refractivity contribution is -0.144. The second kappa shape index (κ2) is 7.85. The van der Waals surface area contributed by atoms with E-state index in [2.05, 4.69) is 4.74 Å². The second-order valence-corrected chi connectivity index (χ2v) is 4.77. The highest BCUT2D eigenvalue weighted by Gasteiger charge is 2.23. The fourth-order valence-electron chi connectivity index (χ4n) is 2.19. The van der Waals surface area contributed by atoms with Gasteiger partial charge in [0, 0.05) is 13.1 Å². The number of ether oxygens (including phenoxy) is 4. The Bertz CT molecular complexity index is 465. The standard InChI is InChI=1S/C15H21NO5/c1-18-13-5-3-4-6-14(13)21-11-12-9-16(7-8-20-12)10-15(17)19-2/h3-6,12H,7-11H2,1-2H3. The van der Waals surface area contributed by atoms with Gasteiger partial charge in [-0.15, -0.1) is 0 Å². The zero-order chi connectivity index (χ0) is 15.1. The molecule has 1 atom stereocenters. The van der Waals surface area contributed by atoms with Crippen LogP contribution in [0.15, 0.2) is 24.3 Å². The molecule has 0 spiro atoms. The summed E-state index contributed by atoms with van der Waals surface area (Å²) in [7, 11) is 3.00. The molecular weight excluding hydrogens is 274 g/mol. The van der Waals surface area contributed by atoms with Crippen LogP contribution in [0.1, 0.15) is 0 Å². The molecule has 0 saturated carbocycles. The summed E-state index contributed by atoms with van der Waals surface area (Å²) in [4.78, 5) is 13.3. The lowest BCUT2D eigenvalue weighted by Gasteiger charge is -2.31. The first kappa shape index (κ1) is 15.6. The molecule has 1 unspecified atom stereocenters. The summed E-state index contributed by atoms with van der Waals surface area (Å²) in [6.45, 7) is 2.64. The molecule has 1 aliphatic rings. The number of methoxy groups -OCH3 is 2. The van der Waals surface area contributed by atoms with Crippen LogP contribution in [0.25, 0.3) is 0 Å². The molecule has 0 bridgehead atoms. The molecule has 116 valence electrons. The molecule has 1 fully saturated rings. The van der Waals surface area contributed by atoms with E-state index < -0.39 is 0 Å². The summed E-state index contributed by atoms with van der Waals surface area (Å²) in [6, 6.07) is 7.48. The maximum atomic E-state index is 11.3. The van der Waals surface area contributed by atoms with Gasteiger partial charge in [0.2, 0.25) is 0 Å². The monoisotopic (exact) mass is 295 g/mol. The molecule has 0 aliphatic carbocycles. The molecule has 0 N–H and O–H groups in total. The smallest absolute Gasteiger partial charge is 0.319 e. The molecule has 6 heteroatoms. The van der Waals surface area contributed by atoms with Crippen LogP contribution in [0.4, 0.5) is 0 Å². The zero-order valence-corrected chi connectivity index (χ0v) is 12.4. The van der Waals surface area contributed by atoms with Crippen LogP contribution in [0.3, 0.4) is 0 Å². The van der Waals surface area contributed by atoms with Gasteiger partial charge in [0.1, 0.15) is 12.7 Å². The fraction of sp³-hybridized carbons (Fsp3) is 0.533. The molecule has 0 radical (unpaired) electrons. The Kier molecular flexibility index (Phi) is 5.83. The number of carbonyl (C=O) groups is 1. The Morgan fingerprint density at radius 1 is 1.33 bits per heavy atom. The molecule has 0 amide bonds. The number of para-hydroxylation sites is 2. The maximum absolute atomic E-state index is 11.3. The summed E-state index contributed by atoms with van der Waals surface area (Å²) in [6.07, 6.45) is -0.0756. The van der Waals surface area contributed by atoms with Crippen molar-refractivity contribution < 1.29 is 23.7 Å². The highest BCUT2D eigenvalue weighted by molar-refractivity contribution is 5.71. The van der Waals surface area contributed by atoms with E-state index in [4.69, 9.17) is 14.2 Å². The largest absolute Gasteiger partial charge is 0.493 e. The van der Waals surface area contributed by atoms with Gasteiger partial charge < -0.3 is 18.9 Å². The van der Waals surface area contributed by atoms with Crippen LogP contribution >= 0.6 is 0 Å². The summed E-state index contributed by atoms with van der Waals surface area (Å²) in [5, 5.41) is 0. The van der Waals surface area contributed by atoms with Crippen LogP contribution in [0.2, 0.25) is 0 Å². The molecule has 1 aromatic rings. The number of hydrogen-bond acceptors (Lipinski definition) is 6. The minimum Gasteiger partial charge on any atom is -0.493 e. The lowest BCUT2D eigenvalue weighted by atomic mass is 10.2. The maximum Gasteiger partial charge on any atom is 0.319 e. The third-order valence-electron chi connectivity index (χ3n) is 3.30. The molecule has 6 nitrogen and oxygen atoms in total. The van der Waals surface area contributed by atoms with Gasteiger partial charge in [0.15, 0.2) is 11.5 Å². The Labute approximate surface area is 124 Å². The lowest BCUT2D eigenvalue weighted by Crippen LogP contribution is -2.46. The van der Waals surface area contributed by atoms with E-state index in [-0.39, 0.29) is 18.6 Å². The van der Waals surface area contributed by atoms with Gasteiger partial charge in [-0.1, -0.05) is 12.1 Å². The SMILES string of the molecule is COC(=O)CN1CCOC(COc2ccccc2OC)C1. The molecule has 1 aliphatic heterocycles. The van der Waals surface area contributed by atoms with Crippen LogP contribution in [0, 0.1) is 0 Å². The molecule has 0 aromatic heterocycles. The van der Waals surface area contributed by atoms with Crippen molar-refractivity contribution in [3.05, 3.63) is 24.3 Å². The van der Waals surface area contributed by atoms with Crippen molar-refractivity contribution >= 4 is 5.97 Å². The van der Waals surface area contributed by atoms with E-state index >= 15 is 0 Å². The van der Waals surface area contributed by atoms with E-state index in [0.717, 1.165) is 6.54 Å². The van der Waals surface area contributed by atoms with Crippen molar-refractivity contribution in [1.29, 1.82) is 0 Å². The number of carbonyl (C=O) groups excluding carboxylic acids is 1. The Balaban J connectivity index is 1.84. The van der Waals surface area contributed by atoms with E-state index in [1.54, 1.807) is 7.11 Å². The van der Waals surface area contributed by atoms with Crippen molar-refractivity contribution in [2.45, 2.75) is 6.10 Å². The normalized spacial score (nSPS) is 19.0. The van der Waals surface area contributed by atoms with Gasteiger partial charge in [-0.2, -0.15) is 0 Å². The van der Waals surface area contributed by atoms with Crippen molar-refractivity contribution in [3.8, 4) is 11.5 Å². The van der Waals surface area contributed by atoms with Crippen LogP contribution in [0.5, 0.6) is 11.5 Å². The average Bonchev–Trinajstić information content (AvgIpc) is 2.53. The minimum absolute atomic E-state index is 0.0756. The third-order valence-corrected chi connectivity index (χ3v) is 3.30. The summed E-state index contributed by atoms with van der Waals surface area (Å²) in [5.74, 6) is 1.15. The Morgan fingerprint density at radius 3 is 2.81 bits per heavy atom. The number of benzene rings is 1. The first-order valence-corrected chi connectivity index (χ1v) is 6.89. The van der Waals surface area contributed by atoms with Crippen LogP contribution in [-0.4, -0.2) is 64.0 Å². The van der Waals surface area contributed by atoms with E-state index in [1.165, 1.54) is 7.11 Å². The van der Waals surface area contributed by atoms with E-state index in [9.17, 15) is 4.79 Å². The molecule has 1 aromatic carbocycles. The molecule has 2 rings (SSSR count). The first-order chi connectivity index (χ1) is 10.2. The highest BCUT2D eigenvalue weighted by atomic mass is 16.5. The number of rotatable bonds is 6. The predicted molar refractivity (Wildman–Crippen MR) is 76.7 cm³/mol. The van der Waals surface area contributed by atoms with Crippen LogP contribution in [-0.2, 0) is 14.3 Å². The zero-order valence-electron chi connectivity index (χ0n) is 12.4. The van der Waals surface area contributed by atoms with Gasteiger partial charge in [-0.05, 0) is 12.1 Å².